The van der Waals surface area contributed by atoms with Gasteiger partial charge in [0.2, 0.25) is 0 Å². The van der Waals surface area contributed by atoms with Crippen molar-refractivity contribution >= 4 is 22.9 Å². The molecule has 2 aromatic heterocycles. The van der Waals surface area contributed by atoms with Crippen LogP contribution in [0.2, 0.25) is 5.15 Å². The fourth-order valence-electron chi connectivity index (χ4n) is 1.41. The van der Waals surface area contributed by atoms with Crippen molar-refractivity contribution in [2.75, 3.05) is 0 Å². The van der Waals surface area contributed by atoms with Crippen LogP contribution in [0.5, 0.6) is 0 Å². The van der Waals surface area contributed by atoms with Crippen molar-refractivity contribution in [2.24, 2.45) is 0 Å². The number of rotatable bonds is 1. The van der Waals surface area contributed by atoms with Crippen LogP contribution >= 0.6 is 22.9 Å². The van der Waals surface area contributed by atoms with Gasteiger partial charge in [0.1, 0.15) is 5.69 Å². The summed E-state index contributed by atoms with van der Waals surface area (Å²) in [7, 11) is 0. The van der Waals surface area contributed by atoms with Gasteiger partial charge in [-0.25, -0.2) is 0 Å². The van der Waals surface area contributed by atoms with Crippen LogP contribution < -0.4 is 0 Å². The summed E-state index contributed by atoms with van der Waals surface area (Å²) in [6.07, 6.45) is 0. The Kier molecular flexibility index (Phi) is 2.76. The number of aromatic nitrogens is 2. The Morgan fingerprint density at radius 1 is 1.13 bits per heavy atom. The minimum absolute atomic E-state index is 0.491. The Balaban J connectivity index is 2.65. The summed E-state index contributed by atoms with van der Waals surface area (Å²) in [5, 5.41) is 10.7. The van der Waals surface area contributed by atoms with E-state index in [-0.39, 0.29) is 0 Å². The summed E-state index contributed by atoms with van der Waals surface area (Å²) in [5.41, 5.74) is 4.30. The normalized spacial score (nSPS) is 10.7. The van der Waals surface area contributed by atoms with Gasteiger partial charge >= 0.3 is 0 Å². The second kappa shape index (κ2) is 3.91. The second-order valence-corrected chi connectivity index (χ2v) is 4.80. The smallest absolute Gasteiger partial charge is 0.148 e. The van der Waals surface area contributed by atoms with Gasteiger partial charge in [0.15, 0.2) is 5.15 Å². The van der Waals surface area contributed by atoms with E-state index in [1.807, 2.05) is 13.8 Å². The third kappa shape index (κ3) is 1.77. The molecule has 4 heteroatoms. The fraction of sp³-hybridized carbons (Fsp3) is 0.273. The molecule has 0 unspecified atom stereocenters. The fourth-order valence-corrected chi connectivity index (χ4v) is 2.55. The van der Waals surface area contributed by atoms with E-state index in [0.717, 1.165) is 16.8 Å². The molecule has 0 amide bonds. The maximum atomic E-state index is 5.92. The van der Waals surface area contributed by atoms with Crippen molar-refractivity contribution < 1.29 is 0 Å². The maximum absolute atomic E-state index is 5.92. The van der Waals surface area contributed by atoms with Gasteiger partial charge in [0, 0.05) is 0 Å². The molecule has 0 N–H and O–H groups in total. The summed E-state index contributed by atoms with van der Waals surface area (Å²) in [4.78, 5) is 1.18. The second-order valence-electron chi connectivity index (χ2n) is 3.52. The summed E-state index contributed by atoms with van der Waals surface area (Å²) in [6, 6.07) is 2.09. The first-order valence-corrected chi connectivity index (χ1v) is 5.91. The third-order valence-corrected chi connectivity index (χ3v) is 3.92. The van der Waals surface area contributed by atoms with Gasteiger partial charge in [-0.05, 0) is 48.9 Å². The molecule has 0 aliphatic heterocycles. The highest BCUT2D eigenvalue weighted by atomic mass is 35.5. The standard InChI is InChI=1S/C11H11ClN2S/c1-6-4-5-15-10(6)9-7(2)8(3)11(12)14-13-9/h4-5H,1-3H3. The largest absolute Gasteiger partial charge is 0.154 e. The first kappa shape index (κ1) is 10.6. The van der Waals surface area contributed by atoms with Crippen LogP contribution in [0.15, 0.2) is 11.4 Å². The van der Waals surface area contributed by atoms with E-state index < -0.39 is 0 Å². The molecule has 0 aliphatic rings. The zero-order valence-corrected chi connectivity index (χ0v) is 10.4. The van der Waals surface area contributed by atoms with Crippen molar-refractivity contribution in [1.82, 2.24) is 10.2 Å². The van der Waals surface area contributed by atoms with E-state index in [1.54, 1.807) is 11.3 Å². The molecule has 2 aromatic rings. The van der Waals surface area contributed by atoms with E-state index in [1.165, 1.54) is 10.4 Å². The highest BCUT2D eigenvalue weighted by molar-refractivity contribution is 7.13. The van der Waals surface area contributed by atoms with Gasteiger partial charge in [-0.1, -0.05) is 11.6 Å². The van der Waals surface area contributed by atoms with Gasteiger partial charge in [-0.3, -0.25) is 0 Å². The average Bonchev–Trinajstić information content (AvgIpc) is 2.62. The van der Waals surface area contributed by atoms with Crippen molar-refractivity contribution in [2.45, 2.75) is 20.8 Å². The van der Waals surface area contributed by atoms with E-state index in [9.17, 15) is 0 Å². The van der Waals surface area contributed by atoms with Gasteiger partial charge in [-0.2, -0.15) is 0 Å². The topological polar surface area (TPSA) is 25.8 Å². The summed E-state index contributed by atoms with van der Waals surface area (Å²) in [6.45, 7) is 6.08. The number of hydrogen-bond acceptors (Lipinski definition) is 3. The molecule has 0 aliphatic carbocycles. The number of nitrogens with zero attached hydrogens (tertiary/aromatic N) is 2. The monoisotopic (exact) mass is 238 g/mol. The summed E-state index contributed by atoms with van der Waals surface area (Å²) in [5.74, 6) is 0. The molecule has 0 atom stereocenters. The van der Waals surface area contributed by atoms with E-state index >= 15 is 0 Å². The first-order chi connectivity index (χ1) is 7.11. The molecule has 2 heterocycles. The third-order valence-electron chi connectivity index (χ3n) is 2.54. The molecule has 2 nitrogen and oxygen atoms in total. The lowest BCUT2D eigenvalue weighted by molar-refractivity contribution is 1.00. The molecule has 0 radical (unpaired) electrons. The predicted molar refractivity (Wildman–Crippen MR) is 64.6 cm³/mol. The van der Waals surface area contributed by atoms with Crippen LogP contribution in [0.3, 0.4) is 0 Å². The number of halogens is 1. The van der Waals surface area contributed by atoms with Crippen LogP contribution in [0, 0.1) is 20.8 Å². The van der Waals surface area contributed by atoms with Crippen molar-refractivity contribution in [3.8, 4) is 10.6 Å². The lowest BCUT2D eigenvalue weighted by atomic mass is 10.1. The molecule has 0 fully saturated rings. The zero-order valence-electron chi connectivity index (χ0n) is 8.84. The van der Waals surface area contributed by atoms with Crippen LogP contribution in [0.4, 0.5) is 0 Å². The van der Waals surface area contributed by atoms with Crippen molar-refractivity contribution in [3.05, 3.63) is 33.3 Å². The minimum Gasteiger partial charge on any atom is -0.148 e. The number of thiophene rings is 1. The lowest BCUT2D eigenvalue weighted by Crippen LogP contribution is -1.96. The van der Waals surface area contributed by atoms with Crippen LogP contribution in [-0.2, 0) is 0 Å². The highest BCUT2D eigenvalue weighted by Gasteiger charge is 2.12. The molecule has 0 aromatic carbocycles. The van der Waals surface area contributed by atoms with Gasteiger partial charge in [-0.15, -0.1) is 21.5 Å². The Morgan fingerprint density at radius 3 is 2.47 bits per heavy atom. The number of hydrogen-bond donors (Lipinski definition) is 0. The molecule has 15 heavy (non-hydrogen) atoms. The Hall–Kier alpha value is -0.930. The van der Waals surface area contributed by atoms with Crippen molar-refractivity contribution in [1.29, 1.82) is 0 Å². The van der Waals surface area contributed by atoms with Gasteiger partial charge in [0.25, 0.3) is 0 Å². The summed E-state index contributed by atoms with van der Waals surface area (Å²) >= 11 is 7.60. The molecule has 78 valence electrons. The maximum Gasteiger partial charge on any atom is 0.154 e. The molecule has 0 spiro atoms. The quantitative estimate of drug-likeness (QED) is 0.756. The zero-order chi connectivity index (χ0) is 11.0. The first-order valence-electron chi connectivity index (χ1n) is 4.65. The van der Waals surface area contributed by atoms with E-state index in [2.05, 4.69) is 28.6 Å². The van der Waals surface area contributed by atoms with Crippen LogP contribution in [0.1, 0.15) is 16.7 Å². The Labute approximate surface area is 97.9 Å². The molecular weight excluding hydrogens is 228 g/mol. The average molecular weight is 239 g/mol. The minimum atomic E-state index is 0.491. The molecule has 0 bridgehead atoms. The van der Waals surface area contributed by atoms with E-state index in [0.29, 0.717) is 5.15 Å². The molecule has 0 saturated heterocycles. The molecule has 2 rings (SSSR count). The Bertz CT molecular complexity index is 505. The lowest BCUT2D eigenvalue weighted by Gasteiger charge is -2.06. The number of aryl methyl sites for hydroxylation is 1. The van der Waals surface area contributed by atoms with E-state index in [4.69, 9.17) is 11.6 Å². The van der Waals surface area contributed by atoms with Crippen LogP contribution in [-0.4, -0.2) is 10.2 Å². The van der Waals surface area contributed by atoms with Gasteiger partial charge < -0.3 is 0 Å². The molecule has 0 saturated carbocycles. The van der Waals surface area contributed by atoms with Gasteiger partial charge in [0.05, 0.1) is 4.88 Å². The highest BCUT2D eigenvalue weighted by Crippen LogP contribution is 2.31. The Morgan fingerprint density at radius 2 is 1.87 bits per heavy atom. The molecular formula is C11H11ClN2S. The summed E-state index contributed by atoms with van der Waals surface area (Å²) < 4.78 is 0. The predicted octanol–water partition coefficient (Wildman–Crippen LogP) is 3.78. The van der Waals surface area contributed by atoms with Crippen molar-refractivity contribution in [3.63, 3.8) is 0 Å². The van der Waals surface area contributed by atoms with Crippen LogP contribution in [0.25, 0.3) is 10.6 Å². The SMILES string of the molecule is Cc1ccsc1-c1nnc(Cl)c(C)c1C.